The van der Waals surface area contributed by atoms with Crippen molar-refractivity contribution in [1.82, 2.24) is 0 Å². The molecule has 0 fully saturated rings. The molecular formula is C12H4ClF3. The maximum absolute atomic E-state index is 13.5. The first-order valence-corrected chi connectivity index (χ1v) is 4.95. The van der Waals surface area contributed by atoms with Gasteiger partial charge in [-0.05, 0) is 29.8 Å². The standard InChI is InChI=1S/C12H4ClF3/c13-10-7-3-5(7)4-8(10)6-1-2-9(14)12(16)11(6)15/h1-4H. The van der Waals surface area contributed by atoms with Crippen molar-refractivity contribution in [2.45, 2.75) is 0 Å². The lowest BCUT2D eigenvalue weighted by Gasteiger charge is -2.03. The molecule has 0 heterocycles. The highest BCUT2D eigenvalue weighted by Gasteiger charge is 2.25. The molecular weight excluding hydrogens is 237 g/mol. The van der Waals surface area contributed by atoms with E-state index in [4.69, 9.17) is 11.6 Å². The lowest BCUT2D eigenvalue weighted by atomic mass is 10.1. The molecule has 0 N–H and O–H groups in total. The van der Waals surface area contributed by atoms with Gasteiger partial charge < -0.3 is 0 Å². The fourth-order valence-electron chi connectivity index (χ4n) is 1.72. The van der Waals surface area contributed by atoms with E-state index in [1.807, 2.05) is 6.07 Å². The van der Waals surface area contributed by atoms with Gasteiger partial charge in [-0.2, -0.15) is 0 Å². The third kappa shape index (κ3) is 1.18. The molecule has 1 aromatic rings. The summed E-state index contributed by atoms with van der Waals surface area (Å²) < 4.78 is 39.2. The van der Waals surface area contributed by atoms with Crippen molar-refractivity contribution < 1.29 is 13.2 Å². The number of hydrogen-bond donors (Lipinski definition) is 0. The Bertz CT molecular complexity index is 620. The monoisotopic (exact) mass is 240 g/mol. The fourth-order valence-corrected chi connectivity index (χ4v) is 2.04. The van der Waals surface area contributed by atoms with Crippen LogP contribution in [0.15, 0.2) is 24.3 Å². The molecule has 0 amide bonds. The van der Waals surface area contributed by atoms with Gasteiger partial charge >= 0.3 is 0 Å². The summed E-state index contributed by atoms with van der Waals surface area (Å²) in [6.07, 6.45) is 0. The highest BCUT2D eigenvalue weighted by molar-refractivity contribution is 6.38. The van der Waals surface area contributed by atoms with Gasteiger partial charge in [0.25, 0.3) is 0 Å². The van der Waals surface area contributed by atoms with Gasteiger partial charge in [-0.25, -0.2) is 13.2 Å². The number of hydrogen-bond acceptors (Lipinski definition) is 0. The first-order chi connectivity index (χ1) is 7.59. The van der Waals surface area contributed by atoms with Crippen LogP contribution in [0.25, 0.3) is 22.3 Å². The highest BCUT2D eigenvalue weighted by atomic mass is 35.5. The van der Waals surface area contributed by atoms with Crippen LogP contribution in [0.2, 0.25) is 5.02 Å². The Hall–Kier alpha value is -1.48. The minimum absolute atomic E-state index is 0.00972. The summed E-state index contributed by atoms with van der Waals surface area (Å²) in [7, 11) is 0. The van der Waals surface area contributed by atoms with Gasteiger partial charge in [-0.3, -0.25) is 0 Å². The number of fused-ring (bicyclic) bond motifs is 1. The minimum Gasteiger partial charge on any atom is -0.204 e. The van der Waals surface area contributed by atoms with Crippen LogP contribution < -0.4 is 0 Å². The zero-order chi connectivity index (χ0) is 11.4. The second kappa shape index (κ2) is 3.01. The van der Waals surface area contributed by atoms with E-state index in [2.05, 4.69) is 0 Å². The van der Waals surface area contributed by atoms with Crippen molar-refractivity contribution in [3.63, 3.8) is 0 Å². The Balaban J connectivity index is 2.23. The Morgan fingerprint density at radius 3 is 2.12 bits per heavy atom. The Morgan fingerprint density at radius 1 is 0.812 bits per heavy atom. The molecule has 4 heteroatoms. The average molecular weight is 241 g/mol. The number of benzene rings is 2. The summed E-state index contributed by atoms with van der Waals surface area (Å²) in [5.74, 6) is -3.87. The molecule has 0 aromatic heterocycles. The third-order valence-corrected chi connectivity index (χ3v) is 3.03. The quantitative estimate of drug-likeness (QED) is 0.553. The molecule has 1 aromatic carbocycles. The van der Waals surface area contributed by atoms with Crippen LogP contribution in [0.5, 0.6) is 0 Å². The van der Waals surface area contributed by atoms with E-state index in [-0.39, 0.29) is 5.56 Å². The molecule has 2 aliphatic carbocycles. The molecule has 2 aliphatic rings. The second-order valence-electron chi connectivity index (χ2n) is 3.61. The van der Waals surface area contributed by atoms with Gasteiger partial charge in [0, 0.05) is 16.7 Å². The molecule has 0 unspecified atom stereocenters. The maximum Gasteiger partial charge on any atom is 0.195 e. The molecule has 0 bridgehead atoms. The van der Waals surface area contributed by atoms with Crippen molar-refractivity contribution >= 4 is 11.6 Å². The predicted octanol–water partition coefficient (Wildman–Crippen LogP) is 4.40. The highest BCUT2D eigenvalue weighted by Crippen LogP contribution is 2.49. The van der Waals surface area contributed by atoms with Gasteiger partial charge in [-0.1, -0.05) is 11.6 Å². The van der Waals surface area contributed by atoms with Crippen LogP contribution in [0.3, 0.4) is 0 Å². The zero-order valence-electron chi connectivity index (χ0n) is 7.82. The number of rotatable bonds is 1. The topological polar surface area (TPSA) is 0 Å². The molecule has 0 radical (unpaired) electrons. The first-order valence-electron chi connectivity index (χ1n) is 4.57. The predicted molar refractivity (Wildman–Crippen MR) is 55.8 cm³/mol. The van der Waals surface area contributed by atoms with E-state index < -0.39 is 17.5 Å². The molecule has 0 saturated heterocycles. The molecule has 0 nitrogen and oxygen atoms in total. The summed E-state index contributed by atoms with van der Waals surface area (Å²) in [5, 5.41) is 0.389. The van der Waals surface area contributed by atoms with E-state index in [1.54, 1.807) is 6.07 Å². The summed E-state index contributed by atoms with van der Waals surface area (Å²) in [4.78, 5) is 0. The van der Waals surface area contributed by atoms with E-state index in [0.29, 0.717) is 10.6 Å². The smallest absolute Gasteiger partial charge is 0.195 e. The van der Waals surface area contributed by atoms with E-state index in [1.165, 1.54) is 6.07 Å². The minimum atomic E-state index is -1.47. The fraction of sp³-hybridized carbons (Fsp3) is 0. The van der Waals surface area contributed by atoms with Gasteiger partial charge in [0.2, 0.25) is 0 Å². The summed E-state index contributed by atoms with van der Waals surface area (Å²) in [6.45, 7) is 0. The van der Waals surface area contributed by atoms with Crippen molar-refractivity contribution in [3.05, 3.63) is 46.7 Å². The van der Waals surface area contributed by atoms with Crippen LogP contribution in [-0.2, 0) is 0 Å². The van der Waals surface area contributed by atoms with Gasteiger partial charge in [0.05, 0.1) is 5.02 Å². The SMILES string of the molecule is Fc1ccc(-c2cc3cc-3c2Cl)c(F)c1F. The Labute approximate surface area is 94.3 Å². The van der Waals surface area contributed by atoms with Crippen molar-refractivity contribution in [3.8, 4) is 22.3 Å². The summed E-state index contributed by atoms with van der Waals surface area (Å²) in [6, 6.07) is 5.58. The largest absolute Gasteiger partial charge is 0.204 e. The molecule has 0 atom stereocenters. The van der Waals surface area contributed by atoms with Crippen molar-refractivity contribution in [1.29, 1.82) is 0 Å². The zero-order valence-corrected chi connectivity index (χ0v) is 8.58. The first kappa shape index (κ1) is 9.73. The average Bonchev–Trinajstić information content (AvgIpc) is 2.96. The number of halogens is 4. The normalized spacial score (nSPS) is 11.8. The van der Waals surface area contributed by atoms with E-state index >= 15 is 0 Å². The molecule has 0 saturated carbocycles. The molecule has 16 heavy (non-hydrogen) atoms. The third-order valence-electron chi connectivity index (χ3n) is 2.63. The van der Waals surface area contributed by atoms with Crippen LogP contribution in [0.4, 0.5) is 13.2 Å². The maximum atomic E-state index is 13.5. The van der Waals surface area contributed by atoms with Crippen LogP contribution in [0, 0.1) is 17.5 Å². The van der Waals surface area contributed by atoms with Crippen LogP contribution >= 0.6 is 11.6 Å². The lowest BCUT2D eigenvalue weighted by Crippen LogP contribution is -1.93. The van der Waals surface area contributed by atoms with Crippen molar-refractivity contribution in [2.24, 2.45) is 0 Å². The van der Waals surface area contributed by atoms with E-state index in [0.717, 1.165) is 17.2 Å². The summed E-state index contributed by atoms with van der Waals surface area (Å²) >= 11 is 5.95. The Kier molecular flexibility index (Phi) is 1.83. The van der Waals surface area contributed by atoms with Gasteiger partial charge in [-0.15, -0.1) is 0 Å². The van der Waals surface area contributed by atoms with E-state index in [9.17, 15) is 13.2 Å². The second-order valence-corrected chi connectivity index (χ2v) is 3.99. The Morgan fingerprint density at radius 2 is 1.50 bits per heavy atom. The van der Waals surface area contributed by atoms with Crippen LogP contribution in [0.1, 0.15) is 0 Å². The van der Waals surface area contributed by atoms with Crippen molar-refractivity contribution in [2.75, 3.05) is 0 Å². The molecule has 0 spiro atoms. The molecule has 3 rings (SSSR count). The summed E-state index contributed by atoms with van der Waals surface area (Å²) in [5.41, 5.74) is 2.17. The molecule has 0 aliphatic heterocycles. The van der Waals surface area contributed by atoms with Gasteiger partial charge in [0.1, 0.15) is 0 Å². The molecule has 80 valence electrons. The van der Waals surface area contributed by atoms with Gasteiger partial charge in [0.15, 0.2) is 17.5 Å². The lowest BCUT2D eigenvalue weighted by molar-refractivity contribution is 0.449. The van der Waals surface area contributed by atoms with Crippen LogP contribution in [-0.4, -0.2) is 0 Å².